The Balaban J connectivity index is 1.51. The van der Waals surface area contributed by atoms with E-state index < -0.39 is 10.0 Å². The molecule has 5 nitrogen and oxygen atoms in total. The first-order valence-electron chi connectivity index (χ1n) is 9.10. The summed E-state index contributed by atoms with van der Waals surface area (Å²) in [5.41, 5.74) is 1.89. The van der Waals surface area contributed by atoms with Crippen LogP contribution in [0.3, 0.4) is 0 Å². The van der Waals surface area contributed by atoms with Crippen LogP contribution in [0.25, 0.3) is 6.08 Å². The van der Waals surface area contributed by atoms with E-state index in [0.717, 1.165) is 29.4 Å². The zero-order chi connectivity index (χ0) is 19.1. The summed E-state index contributed by atoms with van der Waals surface area (Å²) in [5.74, 6) is -0.0175. The second-order valence-corrected chi connectivity index (χ2v) is 8.29. The molecular formula is C21H24N2O3S. The summed E-state index contributed by atoms with van der Waals surface area (Å²) in [5, 5.41) is 1.13. The largest absolute Gasteiger partial charge is 0.335 e. The number of carbonyl (C=O) groups excluding carboxylic acids is 1. The van der Waals surface area contributed by atoms with E-state index >= 15 is 0 Å². The fraction of sp³-hybridized carbons (Fsp3) is 0.286. The third-order valence-electron chi connectivity index (χ3n) is 4.39. The minimum absolute atomic E-state index is 0.0175. The Kier molecular flexibility index (Phi) is 6.42. The Morgan fingerprint density at radius 1 is 1.04 bits per heavy atom. The Labute approximate surface area is 160 Å². The van der Waals surface area contributed by atoms with E-state index in [9.17, 15) is 13.2 Å². The van der Waals surface area contributed by atoms with Gasteiger partial charge in [0.05, 0.1) is 0 Å². The van der Waals surface area contributed by atoms with Gasteiger partial charge in [-0.1, -0.05) is 60.7 Å². The molecule has 2 aromatic rings. The highest BCUT2D eigenvalue weighted by Gasteiger charge is 2.32. The van der Waals surface area contributed by atoms with E-state index in [1.165, 1.54) is 6.08 Å². The van der Waals surface area contributed by atoms with Gasteiger partial charge in [0.15, 0.2) is 0 Å². The molecule has 27 heavy (non-hydrogen) atoms. The number of amides is 1. The van der Waals surface area contributed by atoms with Crippen LogP contribution < -0.4 is 4.72 Å². The zero-order valence-electron chi connectivity index (χ0n) is 15.1. The molecule has 2 aromatic carbocycles. The summed E-state index contributed by atoms with van der Waals surface area (Å²) in [6.07, 6.45) is 3.73. The van der Waals surface area contributed by atoms with Crippen molar-refractivity contribution >= 4 is 22.0 Å². The quantitative estimate of drug-likeness (QED) is 0.722. The lowest BCUT2D eigenvalue weighted by Crippen LogP contribution is -2.35. The normalized spacial score (nSPS) is 14.4. The molecule has 1 fully saturated rings. The van der Waals surface area contributed by atoms with Gasteiger partial charge >= 0.3 is 0 Å². The lowest BCUT2D eigenvalue weighted by Gasteiger charge is -2.22. The SMILES string of the molecule is O=C(CCNS(=O)(=O)/C=C/c1ccccc1)N(Cc1ccccc1)C1CC1. The molecule has 1 N–H and O–H groups in total. The number of nitrogens with zero attached hydrogens (tertiary/aromatic N) is 1. The van der Waals surface area contributed by atoms with Gasteiger partial charge in [0.2, 0.25) is 15.9 Å². The summed E-state index contributed by atoms with van der Waals surface area (Å²) >= 11 is 0. The van der Waals surface area contributed by atoms with Crippen LogP contribution in [0.15, 0.2) is 66.1 Å². The van der Waals surface area contributed by atoms with Gasteiger partial charge in [-0.3, -0.25) is 4.79 Å². The summed E-state index contributed by atoms with van der Waals surface area (Å²) in [4.78, 5) is 14.4. The van der Waals surface area contributed by atoms with Crippen molar-refractivity contribution < 1.29 is 13.2 Å². The second kappa shape index (κ2) is 8.97. The van der Waals surface area contributed by atoms with Crippen LogP contribution in [0.2, 0.25) is 0 Å². The summed E-state index contributed by atoms with van der Waals surface area (Å²) in [7, 11) is -3.57. The minimum Gasteiger partial charge on any atom is -0.335 e. The van der Waals surface area contributed by atoms with Gasteiger partial charge in [-0.2, -0.15) is 0 Å². The van der Waals surface area contributed by atoms with Crippen molar-refractivity contribution in [2.24, 2.45) is 0 Å². The molecule has 142 valence electrons. The van der Waals surface area contributed by atoms with Crippen molar-refractivity contribution in [1.82, 2.24) is 9.62 Å². The number of carbonyl (C=O) groups is 1. The molecule has 0 unspecified atom stereocenters. The Morgan fingerprint density at radius 2 is 1.67 bits per heavy atom. The molecule has 0 aliphatic heterocycles. The summed E-state index contributed by atoms with van der Waals surface area (Å²) in [6, 6.07) is 19.4. The Morgan fingerprint density at radius 3 is 2.30 bits per heavy atom. The van der Waals surface area contributed by atoms with Crippen LogP contribution in [-0.2, 0) is 21.4 Å². The number of sulfonamides is 1. The van der Waals surface area contributed by atoms with Gasteiger partial charge in [0.1, 0.15) is 0 Å². The van der Waals surface area contributed by atoms with Crippen molar-refractivity contribution in [3.05, 3.63) is 77.2 Å². The van der Waals surface area contributed by atoms with Crippen LogP contribution >= 0.6 is 0 Å². The minimum atomic E-state index is -3.57. The van der Waals surface area contributed by atoms with Gasteiger partial charge in [0.25, 0.3) is 0 Å². The highest BCUT2D eigenvalue weighted by Crippen LogP contribution is 2.28. The standard InChI is InChI=1S/C21H24N2O3S/c24-21(23(20-11-12-20)17-19-9-5-2-6-10-19)13-15-22-27(25,26)16-14-18-7-3-1-4-8-18/h1-10,14,16,20,22H,11-13,15,17H2/b16-14+. The lowest BCUT2D eigenvalue weighted by molar-refractivity contribution is -0.132. The van der Waals surface area contributed by atoms with Crippen molar-refractivity contribution in [2.45, 2.75) is 31.8 Å². The number of hydrogen-bond donors (Lipinski definition) is 1. The van der Waals surface area contributed by atoms with E-state index in [1.54, 1.807) is 0 Å². The van der Waals surface area contributed by atoms with Gasteiger partial charge in [0, 0.05) is 31.0 Å². The molecule has 0 saturated heterocycles. The monoisotopic (exact) mass is 384 g/mol. The average Bonchev–Trinajstić information content (AvgIpc) is 3.51. The molecule has 0 spiro atoms. The van der Waals surface area contributed by atoms with E-state index in [1.807, 2.05) is 65.6 Å². The fourth-order valence-electron chi connectivity index (χ4n) is 2.81. The molecular weight excluding hydrogens is 360 g/mol. The first-order chi connectivity index (χ1) is 13.0. The predicted molar refractivity (Wildman–Crippen MR) is 107 cm³/mol. The van der Waals surface area contributed by atoms with Crippen molar-refractivity contribution in [3.63, 3.8) is 0 Å². The number of benzene rings is 2. The van der Waals surface area contributed by atoms with E-state index in [4.69, 9.17) is 0 Å². The highest BCUT2D eigenvalue weighted by molar-refractivity contribution is 7.92. The topological polar surface area (TPSA) is 66.5 Å². The van der Waals surface area contributed by atoms with Gasteiger partial charge < -0.3 is 4.90 Å². The van der Waals surface area contributed by atoms with Crippen LogP contribution in [0.4, 0.5) is 0 Å². The maximum absolute atomic E-state index is 12.6. The summed E-state index contributed by atoms with van der Waals surface area (Å²) in [6.45, 7) is 0.670. The molecule has 0 atom stereocenters. The van der Waals surface area contributed by atoms with Crippen molar-refractivity contribution in [2.75, 3.05) is 6.54 Å². The third kappa shape index (κ3) is 6.34. The van der Waals surface area contributed by atoms with Gasteiger partial charge in [-0.15, -0.1) is 0 Å². The maximum Gasteiger partial charge on any atom is 0.233 e. The summed E-state index contributed by atoms with van der Waals surface area (Å²) < 4.78 is 26.6. The van der Waals surface area contributed by atoms with Crippen molar-refractivity contribution in [1.29, 1.82) is 0 Å². The molecule has 1 aliphatic carbocycles. The van der Waals surface area contributed by atoms with Gasteiger partial charge in [-0.25, -0.2) is 13.1 Å². The number of nitrogens with one attached hydrogen (secondary N) is 1. The fourth-order valence-corrected chi connectivity index (χ4v) is 3.63. The molecule has 0 heterocycles. The molecule has 1 saturated carbocycles. The predicted octanol–water partition coefficient (Wildman–Crippen LogP) is 3.16. The number of hydrogen-bond acceptors (Lipinski definition) is 3. The molecule has 6 heteroatoms. The highest BCUT2D eigenvalue weighted by atomic mass is 32.2. The van der Waals surface area contributed by atoms with Crippen LogP contribution in [0.5, 0.6) is 0 Å². The van der Waals surface area contributed by atoms with Crippen LogP contribution in [0.1, 0.15) is 30.4 Å². The first kappa shape index (κ1) is 19.3. The third-order valence-corrected chi connectivity index (χ3v) is 5.49. The van der Waals surface area contributed by atoms with Crippen LogP contribution in [0, 0.1) is 0 Å². The Bertz CT molecular complexity index is 876. The molecule has 3 rings (SSSR count). The molecule has 0 radical (unpaired) electrons. The van der Waals surface area contributed by atoms with E-state index in [2.05, 4.69) is 4.72 Å². The zero-order valence-corrected chi connectivity index (χ0v) is 15.9. The van der Waals surface area contributed by atoms with E-state index in [-0.39, 0.29) is 24.9 Å². The first-order valence-corrected chi connectivity index (χ1v) is 10.6. The molecule has 0 bridgehead atoms. The maximum atomic E-state index is 12.6. The molecule has 1 amide bonds. The lowest BCUT2D eigenvalue weighted by atomic mass is 10.2. The van der Waals surface area contributed by atoms with Crippen molar-refractivity contribution in [3.8, 4) is 0 Å². The molecule has 1 aliphatic rings. The smallest absolute Gasteiger partial charge is 0.233 e. The second-order valence-electron chi connectivity index (χ2n) is 6.64. The van der Waals surface area contributed by atoms with Crippen LogP contribution in [-0.4, -0.2) is 31.8 Å². The Hall–Kier alpha value is -2.44. The molecule has 0 aromatic heterocycles. The number of rotatable bonds is 9. The van der Waals surface area contributed by atoms with E-state index in [0.29, 0.717) is 6.54 Å². The average molecular weight is 385 g/mol. The van der Waals surface area contributed by atoms with Gasteiger partial charge in [-0.05, 0) is 30.0 Å².